The summed E-state index contributed by atoms with van der Waals surface area (Å²) in [6, 6.07) is 23.5. The second-order valence-corrected chi connectivity index (χ2v) is 9.25. The summed E-state index contributed by atoms with van der Waals surface area (Å²) in [7, 11) is 2.08. The van der Waals surface area contributed by atoms with Crippen LogP contribution in [0.5, 0.6) is 5.75 Å². The first-order valence-corrected chi connectivity index (χ1v) is 11.9. The van der Waals surface area contributed by atoms with Gasteiger partial charge in [-0.1, -0.05) is 48.5 Å². The van der Waals surface area contributed by atoms with Crippen LogP contribution in [0.25, 0.3) is 0 Å². The van der Waals surface area contributed by atoms with Crippen LogP contribution in [0, 0.1) is 0 Å². The van der Waals surface area contributed by atoms with Gasteiger partial charge in [0.2, 0.25) is 0 Å². The number of nitrogens with zero attached hydrogens (tertiary/aromatic N) is 2. The van der Waals surface area contributed by atoms with E-state index in [0.717, 1.165) is 17.7 Å². The Kier molecular flexibility index (Phi) is 6.36. The summed E-state index contributed by atoms with van der Waals surface area (Å²) in [5.41, 5.74) is 4.80. The molecule has 178 valence electrons. The Labute approximate surface area is 205 Å². The predicted octanol–water partition coefficient (Wildman–Crippen LogP) is 4.55. The Morgan fingerprint density at radius 1 is 0.914 bits per heavy atom. The number of anilines is 1. The number of para-hydroxylation sites is 1. The highest BCUT2D eigenvalue weighted by molar-refractivity contribution is 6.07. The summed E-state index contributed by atoms with van der Waals surface area (Å²) >= 11 is 0. The minimum Gasteiger partial charge on any atom is -0.489 e. The smallest absolute Gasteiger partial charge is 0.255 e. The molecule has 0 N–H and O–H groups in total. The number of hydrogen-bond acceptors (Lipinski definition) is 5. The van der Waals surface area contributed by atoms with Gasteiger partial charge in [0, 0.05) is 36.8 Å². The number of benzene rings is 3. The summed E-state index contributed by atoms with van der Waals surface area (Å²) in [6.45, 7) is 1.52. The van der Waals surface area contributed by atoms with E-state index in [1.165, 1.54) is 11.3 Å². The molecule has 1 atom stereocenters. The molecule has 1 heterocycles. The van der Waals surface area contributed by atoms with Crippen LogP contribution in [0.15, 0.2) is 72.8 Å². The molecule has 0 aromatic heterocycles. The maximum absolute atomic E-state index is 13.0. The van der Waals surface area contributed by atoms with Crippen molar-refractivity contribution in [2.75, 3.05) is 11.9 Å². The molecule has 3 aromatic rings. The van der Waals surface area contributed by atoms with Crippen LogP contribution in [0.1, 0.15) is 46.3 Å². The zero-order valence-electron chi connectivity index (χ0n) is 19.8. The van der Waals surface area contributed by atoms with E-state index in [2.05, 4.69) is 48.3 Å². The van der Waals surface area contributed by atoms with Gasteiger partial charge in [0.05, 0.1) is 19.0 Å². The third-order valence-electron chi connectivity index (χ3n) is 6.80. The Hall–Kier alpha value is -3.93. The molecule has 1 unspecified atom stereocenters. The first-order chi connectivity index (χ1) is 17.0. The molecule has 6 heteroatoms. The monoisotopic (exact) mass is 468 g/mol. The fourth-order valence-electron chi connectivity index (χ4n) is 4.85. The molecule has 2 aliphatic rings. The minimum absolute atomic E-state index is 0.0443. The number of ketones is 2. The summed E-state index contributed by atoms with van der Waals surface area (Å²) in [6.07, 6.45) is 0.668. The average Bonchev–Trinajstić information content (AvgIpc) is 3.21. The van der Waals surface area contributed by atoms with Crippen LogP contribution in [-0.4, -0.2) is 35.5 Å². The van der Waals surface area contributed by atoms with Gasteiger partial charge in [-0.2, -0.15) is 0 Å². The lowest BCUT2D eigenvalue weighted by Gasteiger charge is -2.29. The molecule has 1 saturated carbocycles. The van der Waals surface area contributed by atoms with Gasteiger partial charge in [-0.05, 0) is 41.8 Å². The molecule has 3 aromatic carbocycles. The van der Waals surface area contributed by atoms with Crippen molar-refractivity contribution >= 4 is 23.2 Å². The normalized spacial score (nSPS) is 17.5. The Morgan fingerprint density at radius 3 is 2.40 bits per heavy atom. The van der Waals surface area contributed by atoms with Crippen molar-refractivity contribution in [1.29, 1.82) is 0 Å². The molecule has 6 nitrogen and oxygen atoms in total. The number of Topliss-reactive ketones (excluding diaryl/α,β-unsaturated/α-hetero) is 2. The number of ether oxygens (including phenoxy) is 1. The number of carbonyl (C=O) groups excluding carboxylic acids is 3. The number of rotatable bonds is 7. The summed E-state index contributed by atoms with van der Waals surface area (Å²) < 4.78 is 6.12. The van der Waals surface area contributed by atoms with Gasteiger partial charge in [0.15, 0.2) is 5.78 Å². The van der Waals surface area contributed by atoms with Gasteiger partial charge in [-0.3, -0.25) is 14.4 Å². The van der Waals surface area contributed by atoms with E-state index < -0.39 is 6.04 Å². The van der Waals surface area contributed by atoms with Crippen LogP contribution in [0.2, 0.25) is 0 Å². The third kappa shape index (κ3) is 4.83. The van der Waals surface area contributed by atoms with Crippen LogP contribution in [-0.2, 0) is 29.3 Å². The maximum Gasteiger partial charge on any atom is 0.255 e. The fraction of sp³-hybridized carbons (Fsp3) is 0.276. The zero-order chi connectivity index (χ0) is 24.4. The van der Waals surface area contributed by atoms with E-state index >= 15 is 0 Å². The SMILES string of the molecule is CN(Cc1ccc(COc2cccc3c2CN(C2CCC(=O)CC2=O)C3=O)cc1)c1ccccc1. The summed E-state index contributed by atoms with van der Waals surface area (Å²) in [5.74, 6) is 0.288. The van der Waals surface area contributed by atoms with E-state index in [4.69, 9.17) is 4.74 Å². The van der Waals surface area contributed by atoms with Crippen molar-refractivity contribution in [1.82, 2.24) is 4.90 Å². The van der Waals surface area contributed by atoms with Crippen molar-refractivity contribution < 1.29 is 19.1 Å². The van der Waals surface area contributed by atoms with E-state index in [-0.39, 0.29) is 23.9 Å². The fourth-order valence-corrected chi connectivity index (χ4v) is 4.85. The van der Waals surface area contributed by atoms with Gasteiger partial charge >= 0.3 is 0 Å². The van der Waals surface area contributed by atoms with Crippen molar-refractivity contribution in [2.24, 2.45) is 0 Å². The lowest BCUT2D eigenvalue weighted by atomic mass is 9.92. The third-order valence-corrected chi connectivity index (χ3v) is 6.80. The van der Waals surface area contributed by atoms with Gasteiger partial charge < -0.3 is 14.5 Å². The van der Waals surface area contributed by atoms with Crippen LogP contribution in [0.3, 0.4) is 0 Å². The van der Waals surface area contributed by atoms with Crippen molar-refractivity contribution in [3.63, 3.8) is 0 Å². The molecule has 1 aliphatic heterocycles. The molecule has 1 fully saturated rings. The lowest BCUT2D eigenvalue weighted by Crippen LogP contribution is -2.44. The van der Waals surface area contributed by atoms with Gasteiger partial charge in [-0.15, -0.1) is 0 Å². The zero-order valence-corrected chi connectivity index (χ0v) is 19.8. The minimum atomic E-state index is -0.526. The molecule has 0 radical (unpaired) electrons. The second kappa shape index (κ2) is 9.74. The highest BCUT2D eigenvalue weighted by atomic mass is 16.5. The highest BCUT2D eigenvalue weighted by Crippen LogP contribution is 2.34. The molecule has 0 spiro atoms. The number of hydrogen-bond donors (Lipinski definition) is 0. The summed E-state index contributed by atoms with van der Waals surface area (Å²) in [5, 5.41) is 0. The maximum atomic E-state index is 13.0. The van der Waals surface area contributed by atoms with E-state index in [0.29, 0.717) is 37.3 Å². The van der Waals surface area contributed by atoms with Crippen LogP contribution < -0.4 is 9.64 Å². The predicted molar refractivity (Wildman–Crippen MR) is 133 cm³/mol. The molecular weight excluding hydrogens is 440 g/mol. The van der Waals surface area contributed by atoms with E-state index in [9.17, 15) is 14.4 Å². The van der Waals surface area contributed by atoms with Crippen molar-refractivity contribution in [3.8, 4) is 5.75 Å². The Bertz CT molecular complexity index is 1250. The molecule has 5 rings (SSSR count). The molecule has 35 heavy (non-hydrogen) atoms. The van der Waals surface area contributed by atoms with Crippen LogP contribution in [0.4, 0.5) is 5.69 Å². The molecule has 1 amide bonds. The molecule has 0 saturated heterocycles. The molecular formula is C29H28N2O4. The van der Waals surface area contributed by atoms with Crippen LogP contribution >= 0.6 is 0 Å². The summed E-state index contributed by atoms with van der Waals surface area (Å²) in [4.78, 5) is 40.8. The Morgan fingerprint density at radius 2 is 1.66 bits per heavy atom. The van der Waals surface area contributed by atoms with Gasteiger partial charge in [0.1, 0.15) is 18.1 Å². The largest absolute Gasteiger partial charge is 0.489 e. The number of fused-ring (bicyclic) bond motifs is 1. The second-order valence-electron chi connectivity index (χ2n) is 9.25. The number of carbonyl (C=O) groups is 3. The number of amides is 1. The Balaban J connectivity index is 1.23. The molecule has 0 bridgehead atoms. The van der Waals surface area contributed by atoms with Crippen molar-refractivity contribution in [2.45, 2.75) is 45.0 Å². The first kappa shape index (κ1) is 22.8. The highest BCUT2D eigenvalue weighted by Gasteiger charge is 2.39. The average molecular weight is 469 g/mol. The quantitative estimate of drug-likeness (QED) is 0.476. The van der Waals surface area contributed by atoms with Crippen molar-refractivity contribution in [3.05, 3.63) is 95.1 Å². The van der Waals surface area contributed by atoms with E-state index in [1.807, 2.05) is 30.3 Å². The van der Waals surface area contributed by atoms with Gasteiger partial charge in [-0.25, -0.2) is 0 Å². The topological polar surface area (TPSA) is 66.9 Å². The van der Waals surface area contributed by atoms with E-state index in [1.54, 1.807) is 11.0 Å². The molecule has 1 aliphatic carbocycles. The lowest BCUT2D eigenvalue weighted by molar-refractivity contribution is -0.133. The first-order valence-electron chi connectivity index (χ1n) is 11.9. The van der Waals surface area contributed by atoms with Gasteiger partial charge in [0.25, 0.3) is 5.91 Å². The standard InChI is InChI=1S/C29H28N2O4/c1-30(22-6-3-2-4-7-22)17-20-10-12-21(13-11-20)19-35-28-9-5-8-24-25(28)18-31(29(24)34)26-15-14-23(32)16-27(26)33/h2-13,26H,14-19H2,1H3.